The van der Waals surface area contributed by atoms with Gasteiger partial charge in [0, 0.05) is 17.3 Å². The molecule has 0 aliphatic heterocycles. The Labute approximate surface area is 120 Å². The Kier molecular flexibility index (Phi) is 3.44. The molecular formula is C15H15ClF3N. The lowest BCUT2D eigenvalue weighted by molar-refractivity contribution is -0.136. The zero-order chi connectivity index (χ0) is 14.3. The maximum atomic E-state index is 13.0. The molecule has 1 aromatic carbocycles. The average Bonchev–Trinajstić information content (AvgIpc) is 2.98. The quantitative estimate of drug-likeness (QED) is 0.776. The van der Waals surface area contributed by atoms with Gasteiger partial charge >= 0.3 is 6.18 Å². The van der Waals surface area contributed by atoms with E-state index in [2.05, 4.69) is 17.5 Å². The summed E-state index contributed by atoms with van der Waals surface area (Å²) in [5.74, 6) is 1.58. The van der Waals surface area contributed by atoms with Gasteiger partial charge in [-0.3, -0.25) is 0 Å². The van der Waals surface area contributed by atoms with E-state index in [0.717, 1.165) is 18.9 Å². The van der Waals surface area contributed by atoms with Crippen LogP contribution in [0.3, 0.4) is 0 Å². The van der Waals surface area contributed by atoms with Gasteiger partial charge in [0.2, 0.25) is 0 Å². The number of rotatable bonds is 3. The van der Waals surface area contributed by atoms with E-state index in [-0.39, 0.29) is 10.7 Å². The van der Waals surface area contributed by atoms with Crippen LogP contribution in [0.2, 0.25) is 5.02 Å². The number of benzene rings is 1. The molecule has 3 rings (SSSR count). The molecule has 2 aliphatic rings. The van der Waals surface area contributed by atoms with Crippen LogP contribution in [0, 0.1) is 17.8 Å². The molecule has 2 aliphatic carbocycles. The average molecular weight is 302 g/mol. The third kappa shape index (κ3) is 2.66. The topological polar surface area (TPSA) is 12.0 Å². The van der Waals surface area contributed by atoms with Crippen molar-refractivity contribution in [1.29, 1.82) is 0 Å². The van der Waals surface area contributed by atoms with Crippen molar-refractivity contribution in [3.63, 3.8) is 0 Å². The van der Waals surface area contributed by atoms with Crippen LogP contribution in [-0.2, 0) is 6.18 Å². The lowest BCUT2D eigenvalue weighted by atomic mass is 9.93. The van der Waals surface area contributed by atoms with E-state index in [9.17, 15) is 13.2 Å². The standard InChI is InChI=1S/C15H15ClF3N/c16-12-3-4-14(13(7-12)15(17,18)19)20-8-11-6-9-1-2-10(11)5-9/h1-4,7,9-11,20H,5-6,8H2. The van der Waals surface area contributed by atoms with Gasteiger partial charge in [-0.2, -0.15) is 13.2 Å². The third-order valence-corrected chi connectivity index (χ3v) is 4.49. The Balaban J connectivity index is 1.73. The molecule has 0 saturated heterocycles. The maximum Gasteiger partial charge on any atom is 0.418 e. The molecule has 0 aromatic heterocycles. The third-order valence-electron chi connectivity index (χ3n) is 4.26. The van der Waals surface area contributed by atoms with E-state index in [1.165, 1.54) is 12.1 Å². The van der Waals surface area contributed by atoms with E-state index in [4.69, 9.17) is 11.6 Å². The highest BCUT2D eigenvalue weighted by Gasteiger charge is 2.37. The fraction of sp³-hybridized carbons (Fsp3) is 0.467. The Hall–Kier alpha value is -1.16. The van der Waals surface area contributed by atoms with Gasteiger partial charge in [0.15, 0.2) is 0 Å². The largest absolute Gasteiger partial charge is 0.418 e. The molecule has 0 spiro atoms. The lowest BCUT2D eigenvalue weighted by Gasteiger charge is -2.21. The Morgan fingerprint density at radius 3 is 2.60 bits per heavy atom. The molecule has 20 heavy (non-hydrogen) atoms. The fourth-order valence-electron chi connectivity index (χ4n) is 3.28. The first-order valence-corrected chi connectivity index (χ1v) is 7.10. The number of anilines is 1. The molecule has 3 unspecified atom stereocenters. The van der Waals surface area contributed by atoms with Crippen molar-refractivity contribution in [3.8, 4) is 0 Å². The molecule has 1 N–H and O–H groups in total. The number of nitrogens with one attached hydrogen (secondary N) is 1. The van der Waals surface area contributed by atoms with Gasteiger partial charge in [-0.05, 0) is 48.8 Å². The molecule has 1 saturated carbocycles. The SMILES string of the molecule is FC(F)(F)c1cc(Cl)ccc1NCC1CC2C=CC1C2. The van der Waals surface area contributed by atoms with Crippen molar-refractivity contribution in [2.75, 3.05) is 11.9 Å². The molecular weight excluding hydrogens is 287 g/mol. The van der Waals surface area contributed by atoms with Crippen LogP contribution >= 0.6 is 11.6 Å². The summed E-state index contributed by atoms with van der Waals surface area (Å²) in [5.41, 5.74) is -0.572. The van der Waals surface area contributed by atoms with Crippen LogP contribution in [0.1, 0.15) is 18.4 Å². The molecule has 2 bridgehead atoms. The molecule has 5 heteroatoms. The minimum atomic E-state index is -4.39. The molecule has 3 atom stereocenters. The smallest absolute Gasteiger partial charge is 0.384 e. The van der Waals surface area contributed by atoms with Crippen molar-refractivity contribution >= 4 is 17.3 Å². The highest BCUT2D eigenvalue weighted by Crippen LogP contribution is 2.44. The number of alkyl halides is 3. The summed E-state index contributed by atoms with van der Waals surface area (Å²) in [6.45, 7) is 0.580. The molecule has 1 fully saturated rings. The lowest BCUT2D eigenvalue weighted by Crippen LogP contribution is -2.20. The Morgan fingerprint density at radius 1 is 1.20 bits per heavy atom. The number of fused-ring (bicyclic) bond motifs is 2. The van der Waals surface area contributed by atoms with Crippen LogP contribution < -0.4 is 5.32 Å². The van der Waals surface area contributed by atoms with Crippen molar-refractivity contribution in [1.82, 2.24) is 0 Å². The Morgan fingerprint density at radius 2 is 2.00 bits per heavy atom. The van der Waals surface area contributed by atoms with Gasteiger partial charge < -0.3 is 5.32 Å². The minimum absolute atomic E-state index is 0.103. The van der Waals surface area contributed by atoms with Crippen LogP contribution in [0.25, 0.3) is 0 Å². The van der Waals surface area contributed by atoms with Crippen LogP contribution in [0.4, 0.5) is 18.9 Å². The van der Waals surface area contributed by atoms with Crippen molar-refractivity contribution in [2.45, 2.75) is 19.0 Å². The van der Waals surface area contributed by atoms with Crippen LogP contribution in [0.5, 0.6) is 0 Å². The second-order valence-corrected chi connectivity index (χ2v) is 6.05. The predicted molar refractivity (Wildman–Crippen MR) is 73.8 cm³/mol. The van der Waals surface area contributed by atoms with E-state index in [1.807, 2.05) is 0 Å². The first kappa shape index (κ1) is 13.8. The van der Waals surface area contributed by atoms with E-state index < -0.39 is 11.7 Å². The summed E-state index contributed by atoms with van der Waals surface area (Å²) in [7, 11) is 0. The zero-order valence-electron chi connectivity index (χ0n) is 10.8. The fourth-order valence-corrected chi connectivity index (χ4v) is 3.45. The second-order valence-electron chi connectivity index (χ2n) is 5.61. The van der Waals surface area contributed by atoms with E-state index in [1.54, 1.807) is 0 Å². The van der Waals surface area contributed by atoms with Crippen molar-refractivity contribution in [3.05, 3.63) is 40.9 Å². The minimum Gasteiger partial charge on any atom is -0.384 e. The van der Waals surface area contributed by atoms with Crippen molar-refractivity contribution in [2.24, 2.45) is 17.8 Å². The number of hydrogen-bond donors (Lipinski definition) is 1. The first-order valence-electron chi connectivity index (χ1n) is 6.72. The summed E-state index contributed by atoms with van der Waals surface area (Å²) >= 11 is 5.66. The first-order chi connectivity index (χ1) is 9.43. The number of halogens is 4. The normalized spacial score (nSPS) is 28.1. The number of hydrogen-bond acceptors (Lipinski definition) is 1. The van der Waals surface area contributed by atoms with Gasteiger partial charge in [0.05, 0.1) is 5.56 Å². The highest BCUT2D eigenvalue weighted by molar-refractivity contribution is 6.30. The summed E-state index contributed by atoms with van der Waals surface area (Å²) < 4.78 is 38.9. The van der Waals surface area contributed by atoms with Crippen LogP contribution in [0.15, 0.2) is 30.4 Å². The maximum absolute atomic E-state index is 13.0. The molecule has 1 aromatic rings. The molecule has 0 radical (unpaired) electrons. The molecule has 0 heterocycles. The van der Waals surface area contributed by atoms with Crippen molar-refractivity contribution < 1.29 is 13.2 Å². The van der Waals surface area contributed by atoms with Gasteiger partial charge in [-0.15, -0.1) is 0 Å². The van der Waals surface area contributed by atoms with E-state index >= 15 is 0 Å². The second kappa shape index (κ2) is 4.99. The monoisotopic (exact) mass is 301 g/mol. The molecule has 108 valence electrons. The Bertz CT molecular complexity index is 538. The van der Waals surface area contributed by atoms with Gasteiger partial charge in [-0.1, -0.05) is 23.8 Å². The van der Waals surface area contributed by atoms with Gasteiger partial charge in [-0.25, -0.2) is 0 Å². The van der Waals surface area contributed by atoms with Crippen LogP contribution in [-0.4, -0.2) is 6.54 Å². The molecule has 1 nitrogen and oxygen atoms in total. The summed E-state index contributed by atoms with van der Waals surface area (Å²) in [6, 6.07) is 3.87. The highest BCUT2D eigenvalue weighted by atomic mass is 35.5. The summed E-state index contributed by atoms with van der Waals surface area (Å²) in [4.78, 5) is 0. The van der Waals surface area contributed by atoms with Gasteiger partial charge in [0.25, 0.3) is 0 Å². The number of allylic oxidation sites excluding steroid dienone is 2. The van der Waals surface area contributed by atoms with Gasteiger partial charge in [0.1, 0.15) is 0 Å². The summed E-state index contributed by atoms with van der Waals surface area (Å²) in [6.07, 6.45) is 2.27. The van der Waals surface area contributed by atoms with E-state index in [0.29, 0.717) is 24.3 Å². The zero-order valence-corrected chi connectivity index (χ0v) is 11.5. The molecule has 0 amide bonds. The predicted octanol–water partition coefficient (Wildman–Crippen LogP) is 4.98. The summed E-state index contributed by atoms with van der Waals surface area (Å²) in [5, 5.41) is 3.06.